The van der Waals surface area contributed by atoms with Crippen LogP contribution >= 0.6 is 0 Å². The molecular formula is C18H42N4. The fraction of sp³-hybridized carbons (Fsp3) is 1.00. The number of rotatable bonds is 17. The minimum absolute atomic E-state index is 0.373. The molecule has 0 aromatic carbocycles. The van der Waals surface area contributed by atoms with Crippen molar-refractivity contribution in [2.24, 2.45) is 11.5 Å². The highest BCUT2D eigenvalue weighted by Crippen LogP contribution is 2.09. The summed E-state index contributed by atoms with van der Waals surface area (Å²) in [7, 11) is 0. The van der Waals surface area contributed by atoms with Gasteiger partial charge in [-0.3, -0.25) is 0 Å². The largest absolute Gasteiger partial charge is 0.328 e. The molecule has 0 radical (unpaired) electrons. The summed E-state index contributed by atoms with van der Waals surface area (Å²) in [6, 6.07) is 0.746. The fourth-order valence-electron chi connectivity index (χ4n) is 2.68. The third-order valence-electron chi connectivity index (χ3n) is 4.11. The molecule has 0 aromatic heterocycles. The molecule has 4 heteroatoms. The highest BCUT2D eigenvalue weighted by Gasteiger charge is 2.05. The van der Waals surface area contributed by atoms with Crippen molar-refractivity contribution in [1.82, 2.24) is 10.6 Å². The first kappa shape index (κ1) is 21.8. The van der Waals surface area contributed by atoms with Gasteiger partial charge < -0.3 is 22.1 Å². The van der Waals surface area contributed by atoms with Crippen LogP contribution in [-0.4, -0.2) is 38.3 Å². The third kappa shape index (κ3) is 16.2. The molecule has 0 aromatic rings. The van der Waals surface area contributed by atoms with Gasteiger partial charge in [0, 0.05) is 12.1 Å². The summed E-state index contributed by atoms with van der Waals surface area (Å²) in [5.41, 5.74) is 12.3. The lowest BCUT2D eigenvalue weighted by atomic mass is 10.0. The number of nitrogens with two attached hydrogens (primary N) is 2. The van der Waals surface area contributed by atoms with E-state index in [1.807, 2.05) is 0 Å². The molecule has 0 aliphatic carbocycles. The first-order valence-corrected chi connectivity index (χ1v) is 9.63. The average Bonchev–Trinajstić information content (AvgIpc) is 2.51. The maximum atomic E-state index is 6.16. The van der Waals surface area contributed by atoms with Crippen LogP contribution < -0.4 is 22.1 Å². The van der Waals surface area contributed by atoms with Crippen LogP contribution in [0.5, 0.6) is 0 Å². The van der Waals surface area contributed by atoms with Gasteiger partial charge in [-0.15, -0.1) is 0 Å². The molecule has 0 amide bonds. The first-order chi connectivity index (χ1) is 10.7. The Morgan fingerprint density at radius 3 is 1.32 bits per heavy atom. The summed E-state index contributed by atoms with van der Waals surface area (Å²) in [6.07, 6.45) is 11.9. The van der Waals surface area contributed by atoms with E-state index in [-0.39, 0.29) is 0 Å². The van der Waals surface area contributed by atoms with Gasteiger partial charge in [-0.1, -0.05) is 26.7 Å². The first-order valence-electron chi connectivity index (χ1n) is 9.63. The maximum Gasteiger partial charge on any atom is 0.00393 e. The number of hydrogen-bond acceptors (Lipinski definition) is 4. The second-order valence-electron chi connectivity index (χ2n) is 6.59. The molecule has 0 aliphatic heterocycles. The van der Waals surface area contributed by atoms with E-state index in [0.29, 0.717) is 12.1 Å². The Morgan fingerprint density at radius 2 is 0.955 bits per heavy atom. The molecule has 0 rings (SSSR count). The molecular weight excluding hydrogens is 272 g/mol. The summed E-state index contributed by atoms with van der Waals surface area (Å²) >= 11 is 0. The summed E-state index contributed by atoms with van der Waals surface area (Å²) < 4.78 is 0. The minimum atomic E-state index is 0.373. The van der Waals surface area contributed by atoms with Crippen molar-refractivity contribution in [1.29, 1.82) is 0 Å². The topological polar surface area (TPSA) is 76.1 Å². The van der Waals surface area contributed by atoms with Crippen LogP contribution in [0, 0.1) is 0 Å². The van der Waals surface area contributed by atoms with Crippen molar-refractivity contribution in [2.45, 2.75) is 90.1 Å². The van der Waals surface area contributed by atoms with Crippen LogP contribution in [0.25, 0.3) is 0 Å². The summed E-state index contributed by atoms with van der Waals surface area (Å²) in [5, 5.41) is 6.86. The number of hydrogen-bond donors (Lipinski definition) is 4. The van der Waals surface area contributed by atoms with E-state index in [0.717, 1.165) is 51.9 Å². The van der Waals surface area contributed by atoms with Gasteiger partial charge in [0.05, 0.1) is 0 Å². The molecule has 134 valence electrons. The van der Waals surface area contributed by atoms with Crippen LogP contribution in [0.15, 0.2) is 0 Å². The van der Waals surface area contributed by atoms with E-state index in [1.54, 1.807) is 0 Å². The van der Waals surface area contributed by atoms with Gasteiger partial charge >= 0.3 is 0 Å². The molecule has 0 saturated carbocycles. The van der Waals surface area contributed by atoms with Gasteiger partial charge in [-0.2, -0.15) is 0 Å². The molecule has 0 heterocycles. The van der Waals surface area contributed by atoms with Crippen molar-refractivity contribution in [3.63, 3.8) is 0 Å². The molecule has 0 saturated heterocycles. The molecule has 0 fully saturated rings. The number of unbranched alkanes of at least 4 members (excludes halogenated alkanes) is 1. The summed E-state index contributed by atoms with van der Waals surface area (Å²) in [5.74, 6) is 0. The van der Waals surface area contributed by atoms with Crippen molar-refractivity contribution in [2.75, 3.05) is 26.2 Å². The standard InChI is InChI=1S/C18H42N4/c1-3-13-21-15-7-11-17(19)9-5-6-10-18(20)12-8-16-22-14-4-2/h17-18,21-22H,3-16,19-20H2,1-2H3. The molecule has 22 heavy (non-hydrogen) atoms. The summed E-state index contributed by atoms with van der Waals surface area (Å²) in [4.78, 5) is 0. The predicted octanol–water partition coefficient (Wildman–Crippen LogP) is 2.76. The second-order valence-corrected chi connectivity index (χ2v) is 6.59. The van der Waals surface area contributed by atoms with Gasteiger partial charge in [0.25, 0.3) is 0 Å². The normalized spacial score (nSPS) is 14.2. The zero-order chi connectivity index (χ0) is 16.5. The smallest absolute Gasteiger partial charge is 0.00393 e. The molecule has 0 bridgehead atoms. The Bertz CT molecular complexity index is 189. The van der Waals surface area contributed by atoms with Crippen molar-refractivity contribution >= 4 is 0 Å². The molecule has 2 atom stereocenters. The lowest BCUT2D eigenvalue weighted by molar-refractivity contribution is 0.465. The predicted molar refractivity (Wildman–Crippen MR) is 99.2 cm³/mol. The van der Waals surface area contributed by atoms with Gasteiger partial charge in [0.2, 0.25) is 0 Å². The zero-order valence-corrected chi connectivity index (χ0v) is 15.2. The monoisotopic (exact) mass is 314 g/mol. The van der Waals surface area contributed by atoms with E-state index in [4.69, 9.17) is 11.5 Å². The van der Waals surface area contributed by atoms with Crippen LogP contribution in [0.2, 0.25) is 0 Å². The molecule has 0 spiro atoms. The van der Waals surface area contributed by atoms with Crippen LogP contribution in [0.3, 0.4) is 0 Å². The van der Waals surface area contributed by atoms with Gasteiger partial charge in [-0.05, 0) is 77.5 Å². The van der Waals surface area contributed by atoms with Crippen LogP contribution in [0.4, 0.5) is 0 Å². The van der Waals surface area contributed by atoms with Crippen molar-refractivity contribution < 1.29 is 0 Å². The summed E-state index contributed by atoms with van der Waals surface area (Å²) in [6.45, 7) is 8.87. The Balaban J connectivity index is 3.28. The Labute approximate surface area is 139 Å². The lowest BCUT2D eigenvalue weighted by Crippen LogP contribution is -2.24. The quantitative estimate of drug-likeness (QED) is 0.311. The van der Waals surface area contributed by atoms with E-state index in [2.05, 4.69) is 24.5 Å². The fourth-order valence-corrected chi connectivity index (χ4v) is 2.68. The minimum Gasteiger partial charge on any atom is -0.328 e. The Kier molecular flexibility index (Phi) is 17.1. The SMILES string of the molecule is CCCNCCCC(N)CCCCC(N)CCCNCCC. The highest BCUT2D eigenvalue weighted by atomic mass is 14.8. The van der Waals surface area contributed by atoms with Crippen LogP contribution in [-0.2, 0) is 0 Å². The molecule has 0 aliphatic rings. The second kappa shape index (κ2) is 17.2. The van der Waals surface area contributed by atoms with Crippen LogP contribution in [0.1, 0.15) is 78.1 Å². The lowest BCUT2D eigenvalue weighted by Gasteiger charge is -2.14. The van der Waals surface area contributed by atoms with E-state index in [9.17, 15) is 0 Å². The molecule has 4 nitrogen and oxygen atoms in total. The van der Waals surface area contributed by atoms with Crippen molar-refractivity contribution in [3.05, 3.63) is 0 Å². The maximum absolute atomic E-state index is 6.16. The highest BCUT2D eigenvalue weighted by molar-refractivity contribution is 4.66. The molecule has 6 N–H and O–H groups in total. The van der Waals surface area contributed by atoms with Gasteiger partial charge in [-0.25, -0.2) is 0 Å². The van der Waals surface area contributed by atoms with E-state index < -0.39 is 0 Å². The van der Waals surface area contributed by atoms with E-state index >= 15 is 0 Å². The van der Waals surface area contributed by atoms with Gasteiger partial charge in [0.15, 0.2) is 0 Å². The third-order valence-corrected chi connectivity index (χ3v) is 4.11. The average molecular weight is 315 g/mol. The zero-order valence-electron chi connectivity index (χ0n) is 15.2. The van der Waals surface area contributed by atoms with E-state index in [1.165, 1.54) is 38.5 Å². The Hall–Kier alpha value is -0.160. The van der Waals surface area contributed by atoms with Crippen molar-refractivity contribution in [3.8, 4) is 0 Å². The number of nitrogens with one attached hydrogen (secondary N) is 2. The molecule has 2 unspecified atom stereocenters. The van der Waals surface area contributed by atoms with Gasteiger partial charge in [0.1, 0.15) is 0 Å². The Morgan fingerprint density at radius 1 is 0.591 bits per heavy atom.